The second-order valence-electron chi connectivity index (χ2n) is 7.41. The van der Waals surface area contributed by atoms with Crippen LogP contribution in [0.5, 0.6) is 0 Å². The van der Waals surface area contributed by atoms with E-state index >= 15 is 0 Å². The number of morpholine rings is 1. The Hall–Kier alpha value is -2.86. The van der Waals surface area contributed by atoms with Crippen molar-refractivity contribution < 1.29 is 9.53 Å². The highest BCUT2D eigenvalue weighted by atomic mass is 16.5. The molecule has 6 heteroatoms. The predicted molar refractivity (Wildman–Crippen MR) is 110 cm³/mol. The Morgan fingerprint density at radius 3 is 2.50 bits per heavy atom. The van der Waals surface area contributed by atoms with Gasteiger partial charge in [-0.15, -0.1) is 0 Å². The summed E-state index contributed by atoms with van der Waals surface area (Å²) in [6, 6.07) is 18.1. The summed E-state index contributed by atoms with van der Waals surface area (Å²) in [6.45, 7) is 6.19. The number of hydrogen-bond donors (Lipinski definition) is 1. The van der Waals surface area contributed by atoms with Crippen LogP contribution in [0.15, 0.2) is 54.6 Å². The highest BCUT2D eigenvalue weighted by Gasteiger charge is 2.26. The summed E-state index contributed by atoms with van der Waals surface area (Å²) in [7, 11) is 0. The van der Waals surface area contributed by atoms with Gasteiger partial charge >= 0.3 is 0 Å². The molecule has 28 heavy (non-hydrogen) atoms. The van der Waals surface area contributed by atoms with Crippen molar-refractivity contribution in [2.45, 2.75) is 39.1 Å². The number of hydrogen-bond acceptors (Lipinski definition) is 4. The normalized spacial score (nSPS) is 19.7. The first kappa shape index (κ1) is 18.5. The van der Waals surface area contributed by atoms with E-state index in [-0.39, 0.29) is 24.7 Å². The number of benzene rings is 2. The number of nitrogens with one attached hydrogen (secondary N) is 1. The van der Waals surface area contributed by atoms with Gasteiger partial charge in [0.1, 0.15) is 6.54 Å². The van der Waals surface area contributed by atoms with Crippen LogP contribution in [0.1, 0.15) is 19.4 Å². The summed E-state index contributed by atoms with van der Waals surface area (Å²) in [6.07, 6.45) is 0.116. The van der Waals surface area contributed by atoms with Crippen LogP contribution in [-0.4, -0.2) is 45.7 Å². The molecule has 0 aliphatic carbocycles. The number of aromatic nitrogens is 2. The number of ether oxygens (including phenoxy) is 1. The lowest BCUT2D eigenvalue weighted by Crippen LogP contribution is -2.49. The van der Waals surface area contributed by atoms with Crippen molar-refractivity contribution in [3.8, 4) is 0 Å². The third-order valence-electron chi connectivity index (χ3n) is 5.01. The molecule has 3 aromatic rings. The summed E-state index contributed by atoms with van der Waals surface area (Å²) >= 11 is 0. The zero-order chi connectivity index (χ0) is 19.5. The maximum Gasteiger partial charge on any atom is 0.242 e. The van der Waals surface area contributed by atoms with E-state index in [2.05, 4.69) is 17.4 Å². The molecule has 1 aromatic heterocycles. The molecule has 1 N–H and O–H groups in total. The molecule has 1 aliphatic rings. The van der Waals surface area contributed by atoms with E-state index in [4.69, 9.17) is 9.72 Å². The van der Waals surface area contributed by atoms with E-state index in [1.54, 1.807) is 0 Å². The molecule has 1 fully saturated rings. The Balaban J connectivity index is 1.57. The van der Waals surface area contributed by atoms with Crippen LogP contribution in [0, 0.1) is 0 Å². The summed E-state index contributed by atoms with van der Waals surface area (Å²) in [4.78, 5) is 19.6. The SMILES string of the molecule is CC1CN(C(=O)Cn2c(NCc3ccccc3)nc3ccccc32)CC(C)O1. The lowest BCUT2D eigenvalue weighted by atomic mass is 10.2. The molecule has 1 amide bonds. The van der Waals surface area contributed by atoms with Gasteiger partial charge in [-0.2, -0.15) is 0 Å². The molecule has 0 radical (unpaired) electrons. The smallest absolute Gasteiger partial charge is 0.242 e. The van der Waals surface area contributed by atoms with Crippen LogP contribution in [0.4, 0.5) is 5.95 Å². The minimum atomic E-state index is 0.0582. The van der Waals surface area contributed by atoms with Crippen LogP contribution in [0.2, 0.25) is 0 Å². The van der Waals surface area contributed by atoms with Gasteiger partial charge in [-0.25, -0.2) is 4.98 Å². The number of nitrogens with zero attached hydrogens (tertiary/aromatic N) is 3. The van der Waals surface area contributed by atoms with E-state index in [0.29, 0.717) is 25.6 Å². The summed E-state index contributed by atoms with van der Waals surface area (Å²) in [5, 5.41) is 3.40. The van der Waals surface area contributed by atoms with Crippen molar-refractivity contribution in [3.05, 3.63) is 60.2 Å². The molecule has 0 spiro atoms. The van der Waals surface area contributed by atoms with Gasteiger partial charge in [0.05, 0.1) is 23.2 Å². The molecule has 2 heterocycles. The topological polar surface area (TPSA) is 59.4 Å². The van der Waals surface area contributed by atoms with E-state index in [9.17, 15) is 4.79 Å². The number of carbonyl (C=O) groups is 1. The van der Waals surface area contributed by atoms with Crippen molar-refractivity contribution in [1.29, 1.82) is 0 Å². The third-order valence-corrected chi connectivity index (χ3v) is 5.01. The summed E-state index contributed by atoms with van der Waals surface area (Å²) in [5.74, 6) is 0.806. The maximum atomic E-state index is 13.0. The first-order valence-corrected chi connectivity index (χ1v) is 9.76. The maximum absolute atomic E-state index is 13.0. The van der Waals surface area contributed by atoms with Crippen molar-refractivity contribution in [2.75, 3.05) is 18.4 Å². The van der Waals surface area contributed by atoms with Crippen molar-refractivity contribution in [1.82, 2.24) is 14.5 Å². The van der Waals surface area contributed by atoms with Crippen molar-refractivity contribution >= 4 is 22.9 Å². The molecule has 2 aromatic carbocycles. The molecule has 2 atom stereocenters. The van der Waals surface area contributed by atoms with E-state index in [1.165, 1.54) is 5.56 Å². The molecule has 0 bridgehead atoms. The van der Waals surface area contributed by atoms with E-state index < -0.39 is 0 Å². The number of anilines is 1. The van der Waals surface area contributed by atoms with Gasteiger partial charge in [-0.05, 0) is 31.5 Å². The van der Waals surface area contributed by atoms with E-state index in [0.717, 1.165) is 11.0 Å². The number of rotatable bonds is 5. The third kappa shape index (κ3) is 4.02. The zero-order valence-corrected chi connectivity index (χ0v) is 16.3. The molecule has 146 valence electrons. The number of fused-ring (bicyclic) bond motifs is 1. The predicted octanol–water partition coefficient (Wildman–Crippen LogP) is 3.28. The average molecular weight is 378 g/mol. The molecule has 2 unspecified atom stereocenters. The standard InChI is InChI=1S/C22H26N4O2/c1-16-13-25(14-17(2)28-16)21(27)15-26-20-11-7-6-10-19(20)24-22(26)23-12-18-8-4-3-5-9-18/h3-11,16-17H,12-15H2,1-2H3,(H,23,24). The van der Waals surface area contributed by atoms with Crippen molar-refractivity contribution in [3.63, 3.8) is 0 Å². The van der Waals surface area contributed by atoms with Crippen LogP contribution >= 0.6 is 0 Å². The molecule has 1 aliphatic heterocycles. The number of carbonyl (C=O) groups excluding carboxylic acids is 1. The second-order valence-corrected chi connectivity index (χ2v) is 7.41. The van der Waals surface area contributed by atoms with Gasteiger partial charge < -0.3 is 19.5 Å². The Morgan fingerprint density at radius 1 is 1.07 bits per heavy atom. The molecule has 0 saturated carbocycles. The summed E-state index contributed by atoms with van der Waals surface area (Å²) in [5.41, 5.74) is 3.01. The van der Waals surface area contributed by atoms with Crippen LogP contribution in [0.25, 0.3) is 11.0 Å². The van der Waals surface area contributed by atoms with Crippen LogP contribution < -0.4 is 5.32 Å². The van der Waals surface area contributed by atoms with Gasteiger partial charge in [0.15, 0.2) is 0 Å². The van der Waals surface area contributed by atoms with Gasteiger partial charge in [0.25, 0.3) is 0 Å². The van der Waals surface area contributed by atoms with Crippen molar-refractivity contribution in [2.24, 2.45) is 0 Å². The van der Waals surface area contributed by atoms with Gasteiger partial charge in [0.2, 0.25) is 11.9 Å². The Kier molecular flexibility index (Phi) is 5.30. The minimum absolute atomic E-state index is 0.0582. The molecule has 1 saturated heterocycles. The largest absolute Gasteiger partial charge is 0.372 e. The fourth-order valence-electron chi connectivity index (χ4n) is 3.76. The highest BCUT2D eigenvalue weighted by Crippen LogP contribution is 2.21. The lowest BCUT2D eigenvalue weighted by Gasteiger charge is -2.35. The Morgan fingerprint density at radius 2 is 1.75 bits per heavy atom. The highest BCUT2D eigenvalue weighted by molar-refractivity contribution is 5.83. The minimum Gasteiger partial charge on any atom is -0.372 e. The number of imidazole rings is 1. The number of para-hydroxylation sites is 2. The van der Waals surface area contributed by atoms with Crippen LogP contribution in [0.3, 0.4) is 0 Å². The molecular formula is C22H26N4O2. The van der Waals surface area contributed by atoms with Crippen LogP contribution in [-0.2, 0) is 22.6 Å². The van der Waals surface area contributed by atoms with Gasteiger partial charge in [-0.1, -0.05) is 42.5 Å². The Labute approximate surface area is 165 Å². The second kappa shape index (κ2) is 8.02. The first-order valence-electron chi connectivity index (χ1n) is 9.76. The van der Waals surface area contributed by atoms with Gasteiger partial charge in [-0.3, -0.25) is 4.79 Å². The summed E-state index contributed by atoms with van der Waals surface area (Å²) < 4.78 is 7.74. The monoisotopic (exact) mass is 378 g/mol. The van der Waals surface area contributed by atoms with Gasteiger partial charge in [0, 0.05) is 19.6 Å². The average Bonchev–Trinajstić information content (AvgIpc) is 3.04. The fraction of sp³-hybridized carbons (Fsp3) is 0.364. The lowest BCUT2D eigenvalue weighted by molar-refractivity contribution is -0.143. The Bertz CT molecular complexity index is 944. The zero-order valence-electron chi connectivity index (χ0n) is 16.3. The van der Waals surface area contributed by atoms with E-state index in [1.807, 2.05) is 65.8 Å². The molecule has 4 rings (SSSR count). The fourth-order valence-corrected chi connectivity index (χ4v) is 3.76. The number of amides is 1. The molecular weight excluding hydrogens is 352 g/mol. The first-order chi connectivity index (χ1) is 13.6. The quantitative estimate of drug-likeness (QED) is 0.740. The molecule has 6 nitrogen and oxygen atoms in total.